The summed E-state index contributed by atoms with van der Waals surface area (Å²) >= 11 is 0. The number of hydrogen-bond acceptors (Lipinski definition) is 4. The van der Waals surface area contributed by atoms with Crippen LogP contribution in [0.25, 0.3) is 0 Å². The highest BCUT2D eigenvalue weighted by Gasteiger charge is 2.38. The highest BCUT2D eigenvalue weighted by molar-refractivity contribution is 5.96. The fourth-order valence-corrected chi connectivity index (χ4v) is 0.991. The third-order valence-electron chi connectivity index (χ3n) is 1.89. The molecule has 2 amide bonds. The summed E-state index contributed by atoms with van der Waals surface area (Å²) in [6.07, 6.45) is -5.12. The SMILES string of the molecule is O=C(NNC(=O)C(F)(F)F)c1ccc([N+](=O)[O-])cc1. The van der Waals surface area contributed by atoms with Crippen LogP contribution in [0.2, 0.25) is 0 Å². The highest BCUT2D eigenvalue weighted by atomic mass is 19.4. The van der Waals surface area contributed by atoms with Gasteiger partial charge in [-0.3, -0.25) is 30.6 Å². The molecule has 7 nitrogen and oxygen atoms in total. The van der Waals surface area contributed by atoms with Gasteiger partial charge in [0, 0.05) is 17.7 Å². The molecule has 0 unspecified atom stereocenters. The monoisotopic (exact) mass is 277 g/mol. The van der Waals surface area contributed by atoms with Gasteiger partial charge in [0.1, 0.15) is 0 Å². The van der Waals surface area contributed by atoms with Crippen LogP contribution in [0.15, 0.2) is 24.3 Å². The molecule has 1 aromatic rings. The highest BCUT2D eigenvalue weighted by Crippen LogP contribution is 2.14. The van der Waals surface area contributed by atoms with Crippen molar-refractivity contribution in [1.82, 2.24) is 10.9 Å². The minimum absolute atomic E-state index is 0.145. The number of non-ortho nitro benzene ring substituents is 1. The van der Waals surface area contributed by atoms with E-state index < -0.39 is 22.9 Å². The van der Waals surface area contributed by atoms with Gasteiger partial charge in [-0.15, -0.1) is 0 Å². The van der Waals surface area contributed by atoms with Gasteiger partial charge in [-0.1, -0.05) is 0 Å². The average molecular weight is 277 g/mol. The number of nitro groups is 1. The van der Waals surface area contributed by atoms with Crippen LogP contribution in [-0.4, -0.2) is 22.9 Å². The predicted octanol–water partition coefficient (Wildman–Crippen LogP) is 0.918. The topological polar surface area (TPSA) is 101 Å². The zero-order valence-corrected chi connectivity index (χ0v) is 9.02. The molecule has 0 aromatic heterocycles. The van der Waals surface area contributed by atoms with E-state index in [2.05, 4.69) is 0 Å². The lowest BCUT2D eigenvalue weighted by Gasteiger charge is -2.08. The van der Waals surface area contributed by atoms with Crippen molar-refractivity contribution in [2.45, 2.75) is 6.18 Å². The first-order valence-electron chi connectivity index (χ1n) is 4.64. The molecule has 0 heterocycles. The van der Waals surface area contributed by atoms with Crippen LogP contribution in [0.5, 0.6) is 0 Å². The molecule has 102 valence electrons. The number of rotatable bonds is 2. The van der Waals surface area contributed by atoms with Gasteiger partial charge in [-0.2, -0.15) is 13.2 Å². The summed E-state index contributed by atoms with van der Waals surface area (Å²) in [7, 11) is 0. The third kappa shape index (κ3) is 3.94. The molecule has 0 fully saturated rings. The maximum atomic E-state index is 11.8. The van der Waals surface area contributed by atoms with Crippen LogP contribution >= 0.6 is 0 Å². The van der Waals surface area contributed by atoms with Gasteiger partial charge in [-0.05, 0) is 12.1 Å². The number of nitrogens with one attached hydrogen (secondary N) is 2. The average Bonchev–Trinajstić information content (AvgIpc) is 2.34. The Morgan fingerprint density at radius 1 is 1.11 bits per heavy atom. The Morgan fingerprint density at radius 2 is 1.63 bits per heavy atom. The molecule has 1 aromatic carbocycles. The van der Waals surface area contributed by atoms with Crippen molar-refractivity contribution in [3.05, 3.63) is 39.9 Å². The van der Waals surface area contributed by atoms with Gasteiger partial charge >= 0.3 is 12.1 Å². The fourth-order valence-electron chi connectivity index (χ4n) is 0.991. The second kappa shape index (κ2) is 5.33. The number of hydrazine groups is 1. The molecule has 2 N–H and O–H groups in total. The number of amides is 2. The Kier molecular flexibility index (Phi) is 4.04. The van der Waals surface area contributed by atoms with Crippen LogP contribution < -0.4 is 10.9 Å². The quantitative estimate of drug-likeness (QED) is 0.619. The lowest BCUT2D eigenvalue weighted by Crippen LogP contribution is -2.47. The summed E-state index contributed by atoms with van der Waals surface area (Å²) in [6.45, 7) is 0. The molecule has 0 bridgehead atoms. The summed E-state index contributed by atoms with van der Waals surface area (Å²) in [5.74, 6) is -3.37. The minimum Gasteiger partial charge on any atom is -0.267 e. The van der Waals surface area contributed by atoms with Gasteiger partial charge in [0.05, 0.1) is 4.92 Å². The molecule has 19 heavy (non-hydrogen) atoms. The van der Waals surface area contributed by atoms with E-state index in [4.69, 9.17) is 0 Å². The molecule has 0 aliphatic heterocycles. The van der Waals surface area contributed by atoms with E-state index in [1.54, 1.807) is 0 Å². The Labute approximate surface area is 103 Å². The Bertz CT molecular complexity index is 512. The Balaban J connectivity index is 2.64. The third-order valence-corrected chi connectivity index (χ3v) is 1.89. The summed E-state index contributed by atoms with van der Waals surface area (Å²) in [6, 6.07) is 4.07. The second-order valence-corrected chi connectivity index (χ2v) is 3.21. The van der Waals surface area contributed by atoms with E-state index in [0.29, 0.717) is 0 Å². The maximum Gasteiger partial charge on any atom is 0.472 e. The number of halogens is 3. The summed E-state index contributed by atoms with van der Waals surface area (Å²) < 4.78 is 35.4. The van der Waals surface area contributed by atoms with Crippen LogP contribution in [0.1, 0.15) is 10.4 Å². The number of carbonyl (C=O) groups is 2. The Hall–Kier alpha value is -2.65. The van der Waals surface area contributed by atoms with Gasteiger partial charge in [0.25, 0.3) is 11.6 Å². The number of hydrogen-bond donors (Lipinski definition) is 2. The van der Waals surface area contributed by atoms with E-state index in [1.807, 2.05) is 0 Å². The second-order valence-electron chi connectivity index (χ2n) is 3.21. The van der Waals surface area contributed by atoms with Crippen LogP contribution in [-0.2, 0) is 4.79 Å². The standard InChI is InChI=1S/C9H6F3N3O4/c10-9(11,12)8(17)14-13-7(16)5-1-3-6(4-2-5)15(18)19/h1-4H,(H,13,16)(H,14,17). The van der Waals surface area contributed by atoms with Crippen molar-refractivity contribution in [3.63, 3.8) is 0 Å². The molecule has 10 heteroatoms. The number of nitrogens with zero attached hydrogens (tertiary/aromatic N) is 1. The summed E-state index contributed by atoms with van der Waals surface area (Å²) in [5.41, 5.74) is 2.26. The van der Waals surface area contributed by atoms with E-state index in [-0.39, 0.29) is 11.3 Å². The van der Waals surface area contributed by atoms with E-state index in [0.717, 1.165) is 29.7 Å². The van der Waals surface area contributed by atoms with Crippen molar-refractivity contribution < 1.29 is 27.7 Å². The van der Waals surface area contributed by atoms with Crippen molar-refractivity contribution in [2.75, 3.05) is 0 Å². The lowest BCUT2D eigenvalue weighted by atomic mass is 10.2. The molecule has 0 spiro atoms. The molecule has 0 aliphatic carbocycles. The molecule has 0 aliphatic rings. The zero-order valence-electron chi connectivity index (χ0n) is 9.02. The van der Waals surface area contributed by atoms with Crippen molar-refractivity contribution in [3.8, 4) is 0 Å². The number of benzene rings is 1. The van der Waals surface area contributed by atoms with Gasteiger partial charge < -0.3 is 0 Å². The molecule has 0 saturated heterocycles. The van der Waals surface area contributed by atoms with Crippen molar-refractivity contribution in [1.29, 1.82) is 0 Å². The van der Waals surface area contributed by atoms with Crippen molar-refractivity contribution in [2.24, 2.45) is 0 Å². The van der Waals surface area contributed by atoms with Gasteiger partial charge in [0.2, 0.25) is 0 Å². The normalized spacial score (nSPS) is 10.7. The first-order valence-corrected chi connectivity index (χ1v) is 4.64. The number of nitro benzene ring substituents is 1. The smallest absolute Gasteiger partial charge is 0.267 e. The number of carbonyl (C=O) groups excluding carboxylic acids is 2. The van der Waals surface area contributed by atoms with Crippen LogP contribution in [0, 0.1) is 10.1 Å². The van der Waals surface area contributed by atoms with E-state index >= 15 is 0 Å². The van der Waals surface area contributed by atoms with Gasteiger partial charge in [-0.25, -0.2) is 0 Å². The minimum atomic E-state index is -5.12. The molecular formula is C9H6F3N3O4. The summed E-state index contributed by atoms with van der Waals surface area (Å²) in [5, 5.41) is 10.3. The first-order chi connectivity index (χ1) is 8.71. The Morgan fingerprint density at radius 3 is 2.05 bits per heavy atom. The van der Waals surface area contributed by atoms with Crippen LogP contribution in [0.3, 0.4) is 0 Å². The largest absolute Gasteiger partial charge is 0.472 e. The van der Waals surface area contributed by atoms with Crippen molar-refractivity contribution >= 4 is 17.5 Å². The van der Waals surface area contributed by atoms with E-state index in [9.17, 15) is 32.9 Å². The fraction of sp³-hybridized carbons (Fsp3) is 0.111. The maximum absolute atomic E-state index is 11.8. The van der Waals surface area contributed by atoms with E-state index in [1.165, 1.54) is 5.43 Å². The van der Waals surface area contributed by atoms with Gasteiger partial charge in [0.15, 0.2) is 0 Å². The molecular weight excluding hydrogens is 271 g/mol. The molecule has 0 saturated carbocycles. The summed E-state index contributed by atoms with van der Waals surface area (Å²) in [4.78, 5) is 31.3. The van der Waals surface area contributed by atoms with Crippen LogP contribution in [0.4, 0.5) is 18.9 Å². The molecule has 0 atom stereocenters. The first kappa shape index (κ1) is 14.4. The zero-order chi connectivity index (χ0) is 14.6. The number of alkyl halides is 3. The molecule has 0 radical (unpaired) electrons. The predicted molar refractivity (Wildman–Crippen MR) is 54.8 cm³/mol. The molecule has 1 rings (SSSR count). The lowest BCUT2D eigenvalue weighted by molar-refractivity contribution is -0.384.